The van der Waals surface area contributed by atoms with Crippen molar-refractivity contribution < 1.29 is 14.7 Å². The van der Waals surface area contributed by atoms with Gasteiger partial charge < -0.3 is 21.1 Å². The van der Waals surface area contributed by atoms with E-state index in [1.807, 2.05) is 4.90 Å². The molecule has 0 radical (unpaired) electrons. The average Bonchev–Trinajstić information content (AvgIpc) is 3.16. The maximum atomic E-state index is 12.8. The maximum Gasteiger partial charge on any atom is 0.328 e. The van der Waals surface area contributed by atoms with E-state index in [9.17, 15) is 9.59 Å². The number of pyridine rings is 1. The molecule has 0 aromatic carbocycles. The molecule has 2 heterocycles. The van der Waals surface area contributed by atoms with Crippen LogP contribution in [0, 0.1) is 11.8 Å². The van der Waals surface area contributed by atoms with Crippen LogP contribution in [0.4, 0.5) is 5.82 Å². The van der Waals surface area contributed by atoms with Gasteiger partial charge in [-0.15, -0.1) is 0 Å². The van der Waals surface area contributed by atoms with Gasteiger partial charge in [-0.2, -0.15) is 0 Å². The standard InChI is InChI=1S/C20H27ClN4O3/c21-17-9-14(3-6-18(26)27)11-23-19(17)24-16-7-8-25(12-16)20(28)15-4-1-13(10-22)2-5-15/h3,6,9,11,13,15-16H,1-2,4-5,7-8,10,12,22H2,(H,23,24)(H,26,27)/b6-3+. The van der Waals surface area contributed by atoms with Crippen LogP contribution in [0.15, 0.2) is 18.3 Å². The van der Waals surface area contributed by atoms with Gasteiger partial charge in [0.1, 0.15) is 5.82 Å². The maximum absolute atomic E-state index is 12.8. The minimum atomic E-state index is -1.02. The predicted molar refractivity (Wildman–Crippen MR) is 109 cm³/mol. The molecule has 4 N–H and O–H groups in total. The first-order valence-corrected chi connectivity index (χ1v) is 10.2. The number of anilines is 1. The van der Waals surface area contributed by atoms with Crippen LogP contribution in [0.2, 0.25) is 5.02 Å². The molecule has 2 aliphatic rings. The molecule has 1 saturated carbocycles. The molecule has 1 unspecified atom stereocenters. The molecule has 1 saturated heterocycles. The van der Waals surface area contributed by atoms with Gasteiger partial charge in [-0.05, 0) is 62.3 Å². The van der Waals surface area contributed by atoms with Crippen molar-refractivity contribution >= 4 is 35.4 Å². The third-order valence-corrected chi connectivity index (χ3v) is 5.94. The van der Waals surface area contributed by atoms with E-state index in [1.54, 1.807) is 12.3 Å². The van der Waals surface area contributed by atoms with E-state index in [0.29, 0.717) is 28.9 Å². The number of nitrogens with zero attached hydrogens (tertiary/aromatic N) is 2. The summed E-state index contributed by atoms with van der Waals surface area (Å²) >= 11 is 6.27. The molecular formula is C20H27ClN4O3. The average molecular weight is 407 g/mol. The number of carbonyl (C=O) groups is 2. The van der Waals surface area contributed by atoms with Gasteiger partial charge in [0.15, 0.2) is 0 Å². The molecule has 2 fully saturated rings. The molecule has 1 atom stereocenters. The molecule has 1 aliphatic carbocycles. The molecule has 3 rings (SSSR count). The van der Waals surface area contributed by atoms with Gasteiger partial charge in [0, 0.05) is 37.3 Å². The fourth-order valence-corrected chi connectivity index (χ4v) is 4.22. The van der Waals surface area contributed by atoms with Crippen LogP contribution in [-0.2, 0) is 9.59 Å². The number of aromatic nitrogens is 1. The third-order valence-electron chi connectivity index (χ3n) is 5.65. The lowest BCUT2D eigenvalue weighted by Gasteiger charge is -2.30. The number of nitrogens with one attached hydrogen (secondary N) is 1. The summed E-state index contributed by atoms with van der Waals surface area (Å²) in [6.07, 6.45) is 8.88. The van der Waals surface area contributed by atoms with Crippen molar-refractivity contribution in [1.29, 1.82) is 0 Å². The highest BCUT2D eigenvalue weighted by atomic mass is 35.5. The second-order valence-electron chi connectivity index (χ2n) is 7.64. The summed E-state index contributed by atoms with van der Waals surface area (Å²) in [7, 11) is 0. The highest BCUT2D eigenvalue weighted by molar-refractivity contribution is 6.33. The van der Waals surface area contributed by atoms with E-state index in [-0.39, 0.29) is 17.9 Å². The highest BCUT2D eigenvalue weighted by Gasteiger charge is 2.33. The molecule has 1 aromatic rings. The van der Waals surface area contributed by atoms with E-state index in [4.69, 9.17) is 22.4 Å². The minimum absolute atomic E-state index is 0.106. The highest BCUT2D eigenvalue weighted by Crippen LogP contribution is 2.31. The fraction of sp³-hybridized carbons (Fsp3) is 0.550. The Morgan fingerprint density at radius 2 is 2.07 bits per heavy atom. The van der Waals surface area contributed by atoms with E-state index in [2.05, 4.69) is 10.3 Å². The molecule has 1 aliphatic heterocycles. The number of hydrogen-bond acceptors (Lipinski definition) is 5. The van der Waals surface area contributed by atoms with Gasteiger partial charge in [0.05, 0.1) is 5.02 Å². The molecule has 28 heavy (non-hydrogen) atoms. The molecule has 8 heteroatoms. The van der Waals surface area contributed by atoms with Crippen molar-refractivity contribution in [2.24, 2.45) is 17.6 Å². The summed E-state index contributed by atoms with van der Waals surface area (Å²) in [5, 5.41) is 12.4. The Kier molecular flexibility index (Phi) is 6.91. The van der Waals surface area contributed by atoms with Gasteiger partial charge >= 0.3 is 5.97 Å². The Morgan fingerprint density at radius 1 is 1.32 bits per heavy atom. The van der Waals surface area contributed by atoms with Gasteiger partial charge in [-0.3, -0.25) is 4.79 Å². The lowest BCUT2D eigenvalue weighted by atomic mass is 9.81. The summed E-state index contributed by atoms with van der Waals surface area (Å²) in [6.45, 7) is 2.11. The van der Waals surface area contributed by atoms with Crippen LogP contribution < -0.4 is 11.1 Å². The summed E-state index contributed by atoms with van der Waals surface area (Å²) in [4.78, 5) is 29.6. The van der Waals surface area contributed by atoms with E-state index in [1.165, 1.54) is 6.08 Å². The Labute approximate surface area is 169 Å². The third kappa shape index (κ3) is 5.23. The van der Waals surface area contributed by atoms with Crippen molar-refractivity contribution in [1.82, 2.24) is 9.88 Å². The summed E-state index contributed by atoms with van der Waals surface area (Å²) in [5.41, 5.74) is 6.36. The van der Waals surface area contributed by atoms with E-state index in [0.717, 1.165) is 51.3 Å². The summed E-state index contributed by atoms with van der Waals surface area (Å²) in [5.74, 6) is 0.484. The number of rotatable bonds is 6. The number of carboxylic acids is 1. The number of amides is 1. The molecule has 7 nitrogen and oxygen atoms in total. The Balaban J connectivity index is 1.53. The van der Waals surface area contributed by atoms with Crippen LogP contribution in [0.25, 0.3) is 6.08 Å². The molecule has 152 valence electrons. The zero-order valence-electron chi connectivity index (χ0n) is 15.8. The first kappa shape index (κ1) is 20.6. The topological polar surface area (TPSA) is 109 Å². The number of halogens is 1. The first-order valence-electron chi connectivity index (χ1n) is 9.78. The molecule has 1 aromatic heterocycles. The smallest absolute Gasteiger partial charge is 0.328 e. The lowest BCUT2D eigenvalue weighted by Crippen LogP contribution is -2.38. The van der Waals surface area contributed by atoms with E-state index < -0.39 is 5.97 Å². The van der Waals surface area contributed by atoms with Crippen LogP contribution in [0.5, 0.6) is 0 Å². The Bertz CT molecular complexity index is 747. The van der Waals surface area contributed by atoms with Crippen molar-refractivity contribution in [3.05, 3.63) is 28.9 Å². The van der Waals surface area contributed by atoms with Crippen LogP contribution >= 0.6 is 11.6 Å². The van der Waals surface area contributed by atoms with Crippen molar-refractivity contribution in [2.75, 3.05) is 25.0 Å². The summed E-state index contributed by atoms with van der Waals surface area (Å²) in [6, 6.07) is 1.78. The number of carbonyl (C=O) groups excluding carboxylic acids is 1. The van der Waals surface area contributed by atoms with Gasteiger partial charge in [-0.25, -0.2) is 9.78 Å². The minimum Gasteiger partial charge on any atom is -0.478 e. The van der Waals surface area contributed by atoms with Crippen LogP contribution in [-0.4, -0.2) is 52.5 Å². The largest absolute Gasteiger partial charge is 0.478 e. The van der Waals surface area contributed by atoms with Crippen molar-refractivity contribution in [3.8, 4) is 0 Å². The van der Waals surface area contributed by atoms with Crippen molar-refractivity contribution in [2.45, 2.75) is 38.1 Å². The Morgan fingerprint density at radius 3 is 2.71 bits per heavy atom. The lowest BCUT2D eigenvalue weighted by molar-refractivity contribution is -0.135. The molecule has 1 amide bonds. The SMILES string of the molecule is NCC1CCC(C(=O)N2CCC(Nc3ncc(/C=C/C(=O)O)cc3Cl)C2)CC1. The number of hydrogen-bond donors (Lipinski definition) is 3. The Hall–Kier alpha value is -2.12. The van der Waals surface area contributed by atoms with Crippen LogP contribution in [0.1, 0.15) is 37.7 Å². The monoisotopic (exact) mass is 406 g/mol. The zero-order chi connectivity index (χ0) is 20.1. The number of likely N-dealkylation sites (tertiary alicyclic amines) is 1. The van der Waals surface area contributed by atoms with E-state index >= 15 is 0 Å². The number of nitrogens with two attached hydrogens (primary N) is 1. The van der Waals surface area contributed by atoms with Gasteiger partial charge in [0.2, 0.25) is 5.91 Å². The zero-order valence-corrected chi connectivity index (χ0v) is 16.6. The van der Waals surface area contributed by atoms with Crippen LogP contribution in [0.3, 0.4) is 0 Å². The van der Waals surface area contributed by atoms with Crippen molar-refractivity contribution in [3.63, 3.8) is 0 Å². The quantitative estimate of drug-likeness (QED) is 0.626. The second kappa shape index (κ2) is 9.39. The fourth-order valence-electron chi connectivity index (χ4n) is 3.99. The normalized spacial score (nSPS) is 25.2. The number of carboxylic acid groups (broad SMARTS) is 1. The first-order chi connectivity index (χ1) is 13.5. The van der Waals surface area contributed by atoms with Gasteiger partial charge in [0.25, 0.3) is 0 Å². The molecular weight excluding hydrogens is 380 g/mol. The predicted octanol–water partition coefficient (Wildman–Crippen LogP) is 2.61. The summed E-state index contributed by atoms with van der Waals surface area (Å²) < 4.78 is 0. The number of aliphatic carboxylic acids is 1. The van der Waals surface area contributed by atoms with Gasteiger partial charge in [-0.1, -0.05) is 11.6 Å². The molecule has 0 spiro atoms. The molecule has 0 bridgehead atoms. The second-order valence-corrected chi connectivity index (χ2v) is 8.05.